The van der Waals surface area contributed by atoms with Crippen molar-refractivity contribution < 1.29 is 13.2 Å². The van der Waals surface area contributed by atoms with Gasteiger partial charge in [0, 0.05) is 19.3 Å². The number of anilines is 1. The van der Waals surface area contributed by atoms with E-state index in [9.17, 15) is 13.2 Å². The summed E-state index contributed by atoms with van der Waals surface area (Å²) in [5.74, 6) is 0.587. The molecule has 10 heteroatoms. The molecule has 1 N–H and O–H groups in total. The van der Waals surface area contributed by atoms with Crippen LogP contribution in [0, 0.1) is 6.92 Å². The molecule has 0 bridgehead atoms. The van der Waals surface area contributed by atoms with Gasteiger partial charge in [0.15, 0.2) is 11.3 Å². The summed E-state index contributed by atoms with van der Waals surface area (Å²) in [5, 5.41) is 11.5. The minimum atomic E-state index is -4.43. The molecule has 0 radical (unpaired) electrons. The van der Waals surface area contributed by atoms with Crippen molar-refractivity contribution in [3.8, 4) is 0 Å². The molecule has 3 aromatic heterocycles. The molecule has 0 fully saturated rings. The molecule has 7 nitrogen and oxygen atoms in total. The standard InChI is InChI=1S/C13H14F3N7/c1-8-5-10(13(14,15)16)21-23(8)4-3-17-11-9-6-20-22(2)12(9)19-7-18-11/h5-7H,3-4H2,1-2H3,(H,17,18,19). The molecule has 3 aromatic rings. The van der Waals surface area contributed by atoms with Gasteiger partial charge in [-0.05, 0) is 13.0 Å². The Labute approximate surface area is 129 Å². The summed E-state index contributed by atoms with van der Waals surface area (Å²) in [6, 6.07) is 1.03. The first-order chi connectivity index (χ1) is 10.9. The molecule has 0 aliphatic heterocycles. The van der Waals surface area contributed by atoms with Gasteiger partial charge >= 0.3 is 6.18 Å². The quantitative estimate of drug-likeness (QED) is 0.794. The van der Waals surface area contributed by atoms with Crippen molar-refractivity contribution in [2.45, 2.75) is 19.6 Å². The Morgan fingerprint density at radius 2 is 2.04 bits per heavy atom. The number of hydrogen-bond acceptors (Lipinski definition) is 5. The molecule has 0 saturated carbocycles. The van der Waals surface area contributed by atoms with E-state index >= 15 is 0 Å². The van der Waals surface area contributed by atoms with Crippen LogP contribution in [0.25, 0.3) is 11.0 Å². The zero-order valence-electron chi connectivity index (χ0n) is 12.5. The molecule has 0 atom stereocenters. The SMILES string of the molecule is Cc1cc(C(F)(F)F)nn1CCNc1ncnc2c1cnn2C. The van der Waals surface area contributed by atoms with E-state index in [-0.39, 0.29) is 6.54 Å². The molecular weight excluding hydrogens is 311 g/mol. The number of rotatable bonds is 4. The maximum atomic E-state index is 12.6. The van der Waals surface area contributed by atoms with Gasteiger partial charge in [0.1, 0.15) is 12.1 Å². The lowest BCUT2D eigenvalue weighted by Gasteiger charge is -2.08. The van der Waals surface area contributed by atoms with Gasteiger partial charge in [-0.1, -0.05) is 0 Å². The molecule has 3 rings (SSSR count). The fourth-order valence-electron chi connectivity index (χ4n) is 2.26. The van der Waals surface area contributed by atoms with Crippen LogP contribution in [0.4, 0.5) is 19.0 Å². The average Bonchev–Trinajstić information content (AvgIpc) is 3.04. The Kier molecular flexibility index (Phi) is 3.66. The number of alkyl halides is 3. The highest BCUT2D eigenvalue weighted by Crippen LogP contribution is 2.28. The normalized spacial score (nSPS) is 12.0. The maximum Gasteiger partial charge on any atom is 0.435 e. The van der Waals surface area contributed by atoms with Crippen LogP contribution in [0.2, 0.25) is 0 Å². The van der Waals surface area contributed by atoms with E-state index in [1.54, 1.807) is 24.9 Å². The highest BCUT2D eigenvalue weighted by molar-refractivity contribution is 5.85. The lowest BCUT2D eigenvalue weighted by molar-refractivity contribution is -0.141. The Hall–Kier alpha value is -2.65. The lowest BCUT2D eigenvalue weighted by Crippen LogP contribution is -2.15. The largest absolute Gasteiger partial charge is 0.435 e. The summed E-state index contributed by atoms with van der Waals surface area (Å²) in [4.78, 5) is 8.25. The van der Waals surface area contributed by atoms with Crippen LogP contribution in [0.1, 0.15) is 11.4 Å². The van der Waals surface area contributed by atoms with Crippen LogP contribution in [0.15, 0.2) is 18.6 Å². The van der Waals surface area contributed by atoms with E-state index in [2.05, 4.69) is 25.5 Å². The van der Waals surface area contributed by atoms with Crippen LogP contribution in [-0.2, 0) is 19.8 Å². The second-order valence-electron chi connectivity index (χ2n) is 5.05. The third kappa shape index (κ3) is 2.96. The third-order valence-corrected chi connectivity index (χ3v) is 3.42. The second-order valence-corrected chi connectivity index (χ2v) is 5.05. The molecule has 0 aliphatic carbocycles. The van der Waals surface area contributed by atoms with Crippen molar-refractivity contribution in [1.82, 2.24) is 29.5 Å². The van der Waals surface area contributed by atoms with Crippen LogP contribution in [-0.4, -0.2) is 36.1 Å². The van der Waals surface area contributed by atoms with Crippen molar-refractivity contribution in [2.24, 2.45) is 7.05 Å². The highest BCUT2D eigenvalue weighted by Gasteiger charge is 2.34. The van der Waals surface area contributed by atoms with E-state index in [1.807, 2.05) is 0 Å². The van der Waals surface area contributed by atoms with E-state index in [1.165, 1.54) is 11.0 Å². The number of halogens is 3. The summed E-state index contributed by atoms with van der Waals surface area (Å²) in [7, 11) is 1.77. The van der Waals surface area contributed by atoms with Crippen molar-refractivity contribution in [1.29, 1.82) is 0 Å². The summed E-state index contributed by atoms with van der Waals surface area (Å²) in [5.41, 5.74) is 0.247. The van der Waals surface area contributed by atoms with Gasteiger partial charge in [0.05, 0.1) is 18.1 Å². The zero-order chi connectivity index (χ0) is 16.6. The van der Waals surface area contributed by atoms with Crippen LogP contribution >= 0.6 is 0 Å². The molecule has 0 aliphatic rings. The predicted octanol–water partition coefficient (Wildman–Crippen LogP) is 2.00. The molecular formula is C13H14F3N7. The summed E-state index contributed by atoms with van der Waals surface area (Å²) >= 11 is 0. The smallest absolute Gasteiger partial charge is 0.367 e. The highest BCUT2D eigenvalue weighted by atomic mass is 19.4. The van der Waals surface area contributed by atoms with Gasteiger partial charge < -0.3 is 5.32 Å². The molecule has 23 heavy (non-hydrogen) atoms. The molecule has 0 spiro atoms. The van der Waals surface area contributed by atoms with Crippen molar-refractivity contribution >= 4 is 16.9 Å². The van der Waals surface area contributed by atoms with Gasteiger partial charge in [-0.2, -0.15) is 23.4 Å². The van der Waals surface area contributed by atoms with Gasteiger partial charge in [-0.15, -0.1) is 0 Å². The fourth-order valence-corrected chi connectivity index (χ4v) is 2.26. The Morgan fingerprint density at radius 3 is 2.74 bits per heavy atom. The van der Waals surface area contributed by atoms with Gasteiger partial charge in [-0.3, -0.25) is 9.36 Å². The van der Waals surface area contributed by atoms with Crippen LogP contribution < -0.4 is 5.32 Å². The van der Waals surface area contributed by atoms with Crippen LogP contribution in [0.3, 0.4) is 0 Å². The number of aryl methyl sites for hydroxylation is 2. The van der Waals surface area contributed by atoms with Gasteiger partial charge in [0.25, 0.3) is 0 Å². The van der Waals surface area contributed by atoms with Gasteiger partial charge in [0.2, 0.25) is 0 Å². The first-order valence-corrected chi connectivity index (χ1v) is 6.84. The summed E-state index contributed by atoms with van der Waals surface area (Å²) in [6.07, 6.45) is -1.39. The van der Waals surface area contributed by atoms with Gasteiger partial charge in [-0.25, -0.2) is 9.97 Å². The molecule has 0 saturated heterocycles. The van der Waals surface area contributed by atoms with E-state index in [0.717, 1.165) is 11.5 Å². The van der Waals surface area contributed by atoms with E-state index < -0.39 is 11.9 Å². The zero-order valence-corrected chi connectivity index (χ0v) is 12.5. The number of aromatic nitrogens is 6. The minimum absolute atomic E-state index is 0.285. The number of nitrogens with one attached hydrogen (secondary N) is 1. The van der Waals surface area contributed by atoms with Crippen molar-refractivity contribution in [2.75, 3.05) is 11.9 Å². The third-order valence-electron chi connectivity index (χ3n) is 3.42. The lowest BCUT2D eigenvalue weighted by atomic mass is 10.3. The predicted molar refractivity (Wildman–Crippen MR) is 76.8 cm³/mol. The summed E-state index contributed by atoms with van der Waals surface area (Å²) in [6.45, 7) is 2.25. The van der Waals surface area contributed by atoms with Crippen LogP contribution in [0.5, 0.6) is 0 Å². The number of nitrogens with zero attached hydrogens (tertiary/aromatic N) is 6. The first-order valence-electron chi connectivity index (χ1n) is 6.84. The number of hydrogen-bond donors (Lipinski definition) is 1. The van der Waals surface area contributed by atoms with E-state index in [4.69, 9.17) is 0 Å². The summed E-state index contributed by atoms with van der Waals surface area (Å²) < 4.78 is 40.8. The Morgan fingerprint density at radius 1 is 1.26 bits per heavy atom. The first kappa shape index (κ1) is 15.3. The topological polar surface area (TPSA) is 73.5 Å². The van der Waals surface area contributed by atoms with Crippen molar-refractivity contribution in [3.05, 3.63) is 30.0 Å². The average molecular weight is 325 g/mol. The Bertz CT molecular complexity index is 834. The molecule has 0 amide bonds. The Balaban J connectivity index is 1.71. The fraction of sp³-hybridized carbons (Fsp3) is 0.385. The monoisotopic (exact) mass is 325 g/mol. The number of fused-ring (bicyclic) bond motifs is 1. The molecule has 0 unspecified atom stereocenters. The maximum absolute atomic E-state index is 12.6. The molecule has 0 aromatic carbocycles. The molecule has 3 heterocycles. The molecule has 122 valence electrons. The minimum Gasteiger partial charge on any atom is -0.367 e. The van der Waals surface area contributed by atoms with Crippen molar-refractivity contribution in [3.63, 3.8) is 0 Å². The second kappa shape index (κ2) is 5.52. The van der Waals surface area contributed by atoms with E-state index in [0.29, 0.717) is 23.7 Å².